The molecule has 4 heteroatoms. The number of nitrogens with two attached hydrogens (primary N) is 1. The van der Waals surface area contributed by atoms with E-state index in [0.29, 0.717) is 4.99 Å². The zero-order valence-corrected chi connectivity index (χ0v) is 11.5. The first-order chi connectivity index (χ1) is 9.27. The van der Waals surface area contributed by atoms with Crippen molar-refractivity contribution < 1.29 is 4.74 Å². The van der Waals surface area contributed by atoms with E-state index in [1.54, 1.807) is 0 Å². The van der Waals surface area contributed by atoms with Gasteiger partial charge in [0.2, 0.25) is 0 Å². The van der Waals surface area contributed by atoms with Crippen molar-refractivity contribution >= 4 is 33.7 Å². The summed E-state index contributed by atoms with van der Waals surface area (Å²) in [5.74, 6) is 0. The first kappa shape index (κ1) is 12.4. The average Bonchev–Trinajstić information content (AvgIpc) is 2.47. The van der Waals surface area contributed by atoms with E-state index >= 15 is 0 Å². The molecule has 3 nitrogen and oxygen atoms in total. The SMILES string of the molecule is NC(=S)c1ccc(N2CCOCC2)c2ccccc12. The van der Waals surface area contributed by atoms with Crippen LogP contribution >= 0.6 is 12.2 Å². The van der Waals surface area contributed by atoms with Crippen LogP contribution in [0.25, 0.3) is 10.8 Å². The zero-order chi connectivity index (χ0) is 13.2. The number of hydrogen-bond acceptors (Lipinski definition) is 3. The molecule has 3 rings (SSSR count). The van der Waals surface area contributed by atoms with Crippen molar-refractivity contribution in [3.05, 3.63) is 42.0 Å². The predicted octanol–water partition coefficient (Wildman–Crippen LogP) is 2.31. The van der Waals surface area contributed by atoms with E-state index in [9.17, 15) is 0 Å². The minimum absolute atomic E-state index is 0.449. The molecule has 1 heterocycles. The first-order valence-electron chi connectivity index (χ1n) is 6.41. The van der Waals surface area contributed by atoms with Gasteiger partial charge in [0.15, 0.2) is 0 Å². The highest BCUT2D eigenvalue weighted by atomic mass is 32.1. The lowest BCUT2D eigenvalue weighted by atomic mass is 10.0. The van der Waals surface area contributed by atoms with Crippen LogP contribution in [0.4, 0.5) is 5.69 Å². The van der Waals surface area contributed by atoms with Crippen LogP contribution < -0.4 is 10.6 Å². The second-order valence-corrected chi connectivity index (χ2v) is 5.08. The summed E-state index contributed by atoms with van der Waals surface area (Å²) in [6.07, 6.45) is 0. The highest BCUT2D eigenvalue weighted by Crippen LogP contribution is 2.30. The van der Waals surface area contributed by atoms with Crippen molar-refractivity contribution in [3.8, 4) is 0 Å². The Morgan fingerprint density at radius 3 is 2.42 bits per heavy atom. The third-order valence-electron chi connectivity index (χ3n) is 3.52. The number of anilines is 1. The Morgan fingerprint density at radius 2 is 1.74 bits per heavy atom. The summed E-state index contributed by atoms with van der Waals surface area (Å²) in [6.45, 7) is 3.42. The number of morpholine rings is 1. The van der Waals surface area contributed by atoms with Gasteiger partial charge in [-0.1, -0.05) is 36.5 Å². The van der Waals surface area contributed by atoms with Gasteiger partial charge in [0.25, 0.3) is 0 Å². The molecule has 0 aliphatic carbocycles. The number of ether oxygens (including phenoxy) is 1. The highest BCUT2D eigenvalue weighted by molar-refractivity contribution is 7.80. The van der Waals surface area contributed by atoms with E-state index in [2.05, 4.69) is 29.2 Å². The van der Waals surface area contributed by atoms with Crippen molar-refractivity contribution in [1.82, 2.24) is 0 Å². The molecular formula is C15H16N2OS. The minimum Gasteiger partial charge on any atom is -0.389 e. The lowest BCUT2D eigenvalue weighted by Crippen LogP contribution is -2.36. The monoisotopic (exact) mass is 272 g/mol. The van der Waals surface area contributed by atoms with Crippen molar-refractivity contribution in [1.29, 1.82) is 0 Å². The lowest BCUT2D eigenvalue weighted by molar-refractivity contribution is 0.123. The zero-order valence-electron chi connectivity index (χ0n) is 10.6. The number of fused-ring (bicyclic) bond motifs is 1. The normalized spacial score (nSPS) is 15.7. The maximum absolute atomic E-state index is 5.81. The molecule has 0 atom stereocenters. The molecule has 98 valence electrons. The Kier molecular flexibility index (Phi) is 3.36. The van der Waals surface area contributed by atoms with Crippen molar-refractivity contribution in [2.45, 2.75) is 0 Å². The van der Waals surface area contributed by atoms with E-state index in [4.69, 9.17) is 22.7 Å². The van der Waals surface area contributed by atoms with Crippen LogP contribution in [-0.4, -0.2) is 31.3 Å². The molecule has 2 aromatic carbocycles. The van der Waals surface area contributed by atoms with Gasteiger partial charge in [-0.2, -0.15) is 0 Å². The van der Waals surface area contributed by atoms with Gasteiger partial charge < -0.3 is 15.4 Å². The van der Waals surface area contributed by atoms with Crippen molar-refractivity contribution in [2.75, 3.05) is 31.2 Å². The molecular weight excluding hydrogens is 256 g/mol. The van der Waals surface area contributed by atoms with Gasteiger partial charge >= 0.3 is 0 Å². The molecule has 1 aliphatic rings. The number of rotatable bonds is 2. The molecule has 1 aliphatic heterocycles. The third kappa shape index (κ3) is 2.29. The average molecular weight is 272 g/mol. The Labute approximate surface area is 118 Å². The van der Waals surface area contributed by atoms with Gasteiger partial charge in [0.05, 0.1) is 13.2 Å². The second-order valence-electron chi connectivity index (χ2n) is 4.64. The second kappa shape index (κ2) is 5.15. The molecule has 2 aromatic rings. The fourth-order valence-corrected chi connectivity index (χ4v) is 2.76. The quantitative estimate of drug-likeness (QED) is 0.852. The number of benzene rings is 2. The smallest absolute Gasteiger partial charge is 0.104 e. The van der Waals surface area contributed by atoms with E-state index in [1.165, 1.54) is 11.1 Å². The number of hydrogen-bond donors (Lipinski definition) is 1. The van der Waals surface area contributed by atoms with E-state index in [1.807, 2.05) is 12.1 Å². The van der Waals surface area contributed by atoms with Gasteiger partial charge in [0, 0.05) is 29.7 Å². The first-order valence-corrected chi connectivity index (χ1v) is 6.82. The van der Waals surface area contributed by atoms with Crippen LogP contribution in [0.5, 0.6) is 0 Å². The van der Waals surface area contributed by atoms with Crippen LogP contribution in [0.15, 0.2) is 36.4 Å². The molecule has 0 unspecified atom stereocenters. The molecule has 1 saturated heterocycles. The van der Waals surface area contributed by atoms with E-state index in [0.717, 1.165) is 37.3 Å². The highest BCUT2D eigenvalue weighted by Gasteiger charge is 2.15. The lowest BCUT2D eigenvalue weighted by Gasteiger charge is -2.30. The Hall–Kier alpha value is -1.65. The molecule has 0 saturated carbocycles. The number of nitrogens with zero attached hydrogens (tertiary/aromatic N) is 1. The summed E-state index contributed by atoms with van der Waals surface area (Å²) in [7, 11) is 0. The Bertz CT molecular complexity index is 621. The maximum Gasteiger partial charge on any atom is 0.104 e. The van der Waals surface area contributed by atoms with Gasteiger partial charge in [0.1, 0.15) is 4.99 Å². The van der Waals surface area contributed by atoms with E-state index in [-0.39, 0.29) is 0 Å². The summed E-state index contributed by atoms with van der Waals surface area (Å²) >= 11 is 5.13. The molecule has 0 radical (unpaired) electrons. The summed E-state index contributed by atoms with van der Waals surface area (Å²) in [5.41, 5.74) is 7.99. The molecule has 1 fully saturated rings. The standard InChI is InChI=1S/C15H16N2OS/c16-15(19)13-5-6-14(17-7-9-18-10-8-17)12-4-2-1-3-11(12)13/h1-6H,7-10H2,(H2,16,19). The van der Waals surface area contributed by atoms with Crippen LogP contribution in [0.2, 0.25) is 0 Å². The van der Waals surface area contributed by atoms with E-state index < -0.39 is 0 Å². The predicted molar refractivity (Wildman–Crippen MR) is 82.9 cm³/mol. The van der Waals surface area contributed by atoms with Crippen molar-refractivity contribution in [3.63, 3.8) is 0 Å². The van der Waals surface area contributed by atoms with Crippen LogP contribution in [0, 0.1) is 0 Å². The van der Waals surface area contributed by atoms with Gasteiger partial charge in [-0.3, -0.25) is 0 Å². The van der Waals surface area contributed by atoms with Crippen LogP contribution in [-0.2, 0) is 4.74 Å². The van der Waals surface area contributed by atoms with Gasteiger partial charge in [-0.25, -0.2) is 0 Å². The molecule has 19 heavy (non-hydrogen) atoms. The van der Waals surface area contributed by atoms with Crippen LogP contribution in [0.3, 0.4) is 0 Å². The minimum atomic E-state index is 0.449. The summed E-state index contributed by atoms with van der Waals surface area (Å²) < 4.78 is 5.41. The molecule has 2 N–H and O–H groups in total. The largest absolute Gasteiger partial charge is 0.389 e. The summed E-state index contributed by atoms with van der Waals surface area (Å²) in [4.78, 5) is 2.81. The topological polar surface area (TPSA) is 38.5 Å². The number of thiocarbonyl (C=S) groups is 1. The molecule has 0 aromatic heterocycles. The summed E-state index contributed by atoms with van der Waals surface area (Å²) in [6, 6.07) is 12.4. The summed E-state index contributed by atoms with van der Waals surface area (Å²) in [5, 5.41) is 2.33. The fraction of sp³-hybridized carbons (Fsp3) is 0.267. The van der Waals surface area contributed by atoms with Gasteiger partial charge in [-0.05, 0) is 17.5 Å². The Balaban J connectivity index is 2.15. The molecule has 0 bridgehead atoms. The fourth-order valence-electron chi connectivity index (χ4n) is 2.58. The molecule has 0 spiro atoms. The van der Waals surface area contributed by atoms with Gasteiger partial charge in [-0.15, -0.1) is 0 Å². The maximum atomic E-state index is 5.81. The third-order valence-corrected chi connectivity index (χ3v) is 3.74. The van der Waals surface area contributed by atoms with Crippen molar-refractivity contribution in [2.24, 2.45) is 5.73 Å². The van der Waals surface area contributed by atoms with Crippen LogP contribution in [0.1, 0.15) is 5.56 Å². The molecule has 0 amide bonds. The Morgan fingerprint density at radius 1 is 1.05 bits per heavy atom.